The van der Waals surface area contributed by atoms with Crippen LogP contribution >= 0.6 is 0 Å². The van der Waals surface area contributed by atoms with Crippen LogP contribution in [0, 0.1) is 6.92 Å². The lowest BCUT2D eigenvalue weighted by Crippen LogP contribution is -2.02. The van der Waals surface area contributed by atoms with Gasteiger partial charge >= 0.3 is 0 Å². The first-order chi connectivity index (χ1) is 8.63. The van der Waals surface area contributed by atoms with E-state index >= 15 is 0 Å². The summed E-state index contributed by atoms with van der Waals surface area (Å²) in [6, 6.07) is 8.17. The molecule has 2 rings (SSSR count). The molecule has 18 heavy (non-hydrogen) atoms. The molecule has 2 N–H and O–H groups in total. The number of para-hydroxylation sites is 1. The maximum absolute atomic E-state index is 6.00. The normalized spacial score (nSPS) is 10.8. The van der Waals surface area contributed by atoms with Crippen molar-refractivity contribution in [2.24, 2.45) is 0 Å². The molecule has 0 saturated carbocycles. The number of aromatic nitrogens is 1. The molecule has 2 nitrogen and oxygen atoms in total. The van der Waals surface area contributed by atoms with E-state index in [1.165, 1.54) is 16.5 Å². The summed E-state index contributed by atoms with van der Waals surface area (Å²) in [6.45, 7) is 8.38. The lowest BCUT2D eigenvalue weighted by atomic mass is 9.95. The van der Waals surface area contributed by atoms with Gasteiger partial charge in [-0.1, -0.05) is 43.7 Å². The molecule has 0 aliphatic heterocycles. The molecule has 0 radical (unpaired) electrons. The third kappa shape index (κ3) is 2.37. The minimum atomic E-state index is 0.632. The van der Waals surface area contributed by atoms with E-state index in [-0.39, 0.29) is 0 Å². The number of hydrogen-bond donors (Lipinski definition) is 1. The molecule has 1 aromatic heterocycles. The van der Waals surface area contributed by atoms with Crippen LogP contribution in [0.4, 0.5) is 5.82 Å². The largest absolute Gasteiger partial charge is 0.383 e. The van der Waals surface area contributed by atoms with E-state index in [9.17, 15) is 0 Å². The van der Waals surface area contributed by atoms with Gasteiger partial charge in [-0.15, -0.1) is 0 Å². The summed E-state index contributed by atoms with van der Waals surface area (Å²) in [7, 11) is 0. The van der Waals surface area contributed by atoms with Crippen molar-refractivity contribution in [3.05, 3.63) is 47.5 Å². The molecule has 0 amide bonds. The molecule has 0 saturated heterocycles. The van der Waals surface area contributed by atoms with E-state index in [0.717, 1.165) is 30.3 Å². The molecule has 0 atom stereocenters. The number of hydrogen-bond acceptors (Lipinski definition) is 2. The van der Waals surface area contributed by atoms with Gasteiger partial charge in [-0.3, -0.25) is 0 Å². The second kappa shape index (κ2) is 5.21. The maximum atomic E-state index is 6.00. The number of pyridine rings is 1. The Morgan fingerprint density at radius 3 is 2.78 bits per heavy atom. The number of nitrogens with zero attached hydrogens (tertiary/aromatic N) is 1. The molecule has 0 aliphatic carbocycles. The van der Waals surface area contributed by atoms with Gasteiger partial charge in [0.2, 0.25) is 0 Å². The molecule has 0 spiro atoms. The predicted octanol–water partition coefficient (Wildman–Crippen LogP) is 4.02. The van der Waals surface area contributed by atoms with Crippen LogP contribution in [0.15, 0.2) is 36.4 Å². The summed E-state index contributed by atoms with van der Waals surface area (Å²) in [4.78, 5) is 4.44. The van der Waals surface area contributed by atoms with Crippen LogP contribution in [0.3, 0.4) is 0 Å². The second-order valence-corrected chi connectivity index (χ2v) is 4.79. The van der Waals surface area contributed by atoms with E-state index < -0.39 is 0 Å². The summed E-state index contributed by atoms with van der Waals surface area (Å²) in [5.41, 5.74) is 10.6. The summed E-state index contributed by atoms with van der Waals surface area (Å²) < 4.78 is 0. The fourth-order valence-electron chi connectivity index (χ4n) is 2.32. The van der Waals surface area contributed by atoms with Crippen LogP contribution in [0.2, 0.25) is 0 Å². The van der Waals surface area contributed by atoms with Crippen LogP contribution in [-0.4, -0.2) is 4.98 Å². The minimum absolute atomic E-state index is 0.632. The fourth-order valence-corrected chi connectivity index (χ4v) is 2.32. The zero-order valence-corrected chi connectivity index (χ0v) is 11.2. The Hall–Kier alpha value is -1.83. The third-order valence-electron chi connectivity index (χ3n) is 3.34. The first-order valence-corrected chi connectivity index (χ1v) is 6.43. The number of anilines is 1. The molecule has 1 aromatic carbocycles. The maximum Gasteiger partial charge on any atom is 0.127 e. The molecule has 0 aliphatic rings. The van der Waals surface area contributed by atoms with Crippen molar-refractivity contribution in [2.45, 2.75) is 33.1 Å². The molecular formula is C16H20N2. The summed E-state index contributed by atoms with van der Waals surface area (Å²) in [6.07, 6.45) is 3.10. The summed E-state index contributed by atoms with van der Waals surface area (Å²) >= 11 is 0. The summed E-state index contributed by atoms with van der Waals surface area (Å²) in [5.74, 6) is 0.632. The highest BCUT2D eigenvalue weighted by Gasteiger charge is 2.10. The summed E-state index contributed by atoms with van der Waals surface area (Å²) in [5, 5.41) is 1.20. The van der Waals surface area contributed by atoms with Crippen LogP contribution in [0.25, 0.3) is 10.9 Å². The molecular weight excluding hydrogens is 220 g/mol. The third-order valence-corrected chi connectivity index (χ3v) is 3.34. The second-order valence-electron chi connectivity index (χ2n) is 4.79. The smallest absolute Gasteiger partial charge is 0.127 e. The van der Waals surface area contributed by atoms with Gasteiger partial charge in [0.1, 0.15) is 5.82 Å². The van der Waals surface area contributed by atoms with Crippen LogP contribution in [-0.2, 0) is 6.42 Å². The lowest BCUT2D eigenvalue weighted by Gasteiger charge is -2.13. The lowest BCUT2D eigenvalue weighted by molar-refractivity contribution is 0.875. The van der Waals surface area contributed by atoms with Crippen LogP contribution in [0.5, 0.6) is 0 Å². The topological polar surface area (TPSA) is 38.9 Å². The zero-order chi connectivity index (χ0) is 13.1. The Kier molecular flexibility index (Phi) is 3.66. The Labute approximate surface area is 109 Å². The average Bonchev–Trinajstić information content (AvgIpc) is 2.35. The van der Waals surface area contributed by atoms with E-state index in [4.69, 9.17) is 5.73 Å². The average molecular weight is 240 g/mol. The Balaban J connectivity index is 2.53. The van der Waals surface area contributed by atoms with Gasteiger partial charge in [0.05, 0.1) is 5.52 Å². The minimum Gasteiger partial charge on any atom is -0.383 e. The first kappa shape index (κ1) is 12.6. The number of rotatable bonds is 4. The highest BCUT2D eigenvalue weighted by Crippen LogP contribution is 2.27. The first-order valence-electron chi connectivity index (χ1n) is 6.43. The molecule has 2 heteroatoms. The van der Waals surface area contributed by atoms with Crippen molar-refractivity contribution in [3.8, 4) is 0 Å². The van der Waals surface area contributed by atoms with Gasteiger partial charge in [0.15, 0.2) is 0 Å². The van der Waals surface area contributed by atoms with Crippen molar-refractivity contribution in [2.75, 3.05) is 5.73 Å². The van der Waals surface area contributed by atoms with Crippen molar-refractivity contribution < 1.29 is 0 Å². The van der Waals surface area contributed by atoms with Gasteiger partial charge in [0.25, 0.3) is 0 Å². The Bertz CT molecular complexity index is 585. The van der Waals surface area contributed by atoms with Crippen molar-refractivity contribution in [1.82, 2.24) is 4.98 Å². The number of nitrogen functional groups attached to an aromatic ring is 1. The highest BCUT2D eigenvalue weighted by atomic mass is 14.8. The molecule has 0 unspecified atom stereocenters. The molecule has 1 heterocycles. The van der Waals surface area contributed by atoms with Gasteiger partial charge < -0.3 is 5.73 Å². The highest BCUT2D eigenvalue weighted by molar-refractivity contribution is 5.85. The van der Waals surface area contributed by atoms with Gasteiger partial charge in [0, 0.05) is 5.39 Å². The Morgan fingerprint density at radius 2 is 2.06 bits per heavy atom. The molecule has 94 valence electrons. The van der Waals surface area contributed by atoms with Gasteiger partial charge in [-0.2, -0.15) is 0 Å². The molecule has 2 aromatic rings. The monoisotopic (exact) mass is 240 g/mol. The quantitative estimate of drug-likeness (QED) is 0.820. The van der Waals surface area contributed by atoms with Crippen molar-refractivity contribution >= 4 is 16.7 Å². The van der Waals surface area contributed by atoms with E-state index in [1.807, 2.05) is 25.1 Å². The van der Waals surface area contributed by atoms with E-state index in [2.05, 4.69) is 24.6 Å². The number of nitrogens with two attached hydrogens (primary N) is 1. The Morgan fingerprint density at radius 1 is 1.33 bits per heavy atom. The van der Waals surface area contributed by atoms with Crippen LogP contribution < -0.4 is 5.73 Å². The van der Waals surface area contributed by atoms with Crippen molar-refractivity contribution in [1.29, 1.82) is 0 Å². The molecule has 0 fully saturated rings. The SMILES string of the molecule is C=C(CCC)Cc1c(C)c(N)nc2ccccc12. The zero-order valence-electron chi connectivity index (χ0n) is 11.2. The van der Waals surface area contributed by atoms with Crippen molar-refractivity contribution in [3.63, 3.8) is 0 Å². The number of allylic oxidation sites excluding steroid dienone is 1. The van der Waals surface area contributed by atoms with Crippen LogP contribution in [0.1, 0.15) is 30.9 Å². The van der Waals surface area contributed by atoms with Gasteiger partial charge in [-0.25, -0.2) is 4.98 Å². The predicted molar refractivity (Wildman–Crippen MR) is 78.6 cm³/mol. The molecule has 0 bridgehead atoms. The van der Waals surface area contributed by atoms with E-state index in [0.29, 0.717) is 5.82 Å². The number of benzene rings is 1. The fraction of sp³-hybridized carbons (Fsp3) is 0.312. The van der Waals surface area contributed by atoms with Gasteiger partial charge in [-0.05, 0) is 37.0 Å². The number of fused-ring (bicyclic) bond motifs is 1. The van der Waals surface area contributed by atoms with E-state index in [1.54, 1.807) is 0 Å². The standard InChI is InChI=1S/C16H20N2/c1-4-7-11(2)10-14-12(3)16(17)18-15-9-6-5-8-13(14)15/h5-6,8-9H,2,4,7,10H2,1,3H3,(H2,17,18).